The van der Waals surface area contributed by atoms with Crippen molar-refractivity contribution in [2.45, 2.75) is 33.6 Å². The largest absolute Gasteiger partial charge is 0.398 e. The number of hydrogen-bond acceptors (Lipinski definition) is 6. The predicted molar refractivity (Wildman–Crippen MR) is 121 cm³/mol. The number of fused-ring (bicyclic) bond motifs is 1. The summed E-state index contributed by atoms with van der Waals surface area (Å²) in [7, 11) is 0. The van der Waals surface area contributed by atoms with Crippen LogP contribution in [0.1, 0.15) is 29.1 Å². The van der Waals surface area contributed by atoms with Crippen molar-refractivity contribution in [2.75, 3.05) is 29.0 Å². The second-order valence-electron chi connectivity index (χ2n) is 7.45. The molecule has 3 heterocycles. The van der Waals surface area contributed by atoms with Crippen molar-refractivity contribution in [2.24, 2.45) is 0 Å². The standard InChI is InChI=1S/C21H25N7O.ClH/c1-13-10-14(2)24-21(23-13)28-19(11-15(3)26-28)25-20(29)12-27-9-5-6-16-17(22)7-4-8-18(16)27;/h4,7-8,10-11H,5-6,9,12,22H2,1-3H3,(H,25,29);1H. The zero-order chi connectivity index (χ0) is 20.5. The van der Waals surface area contributed by atoms with Gasteiger partial charge in [-0.2, -0.15) is 9.78 Å². The number of amides is 1. The number of rotatable bonds is 4. The van der Waals surface area contributed by atoms with Gasteiger partial charge in [0.2, 0.25) is 5.91 Å². The topological polar surface area (TPSA) is 102 Å². The Morgan fingerprint density at radius 1 is 1.13 bits per heavy atom. The van der Waals surface area contributed by atoms with Gasteiger partial charge in [0.1, 0.15) is 5.82 Å². The van der Waals surface area contributed by atoms with Gasteiger partial charge < -0.3 is 16.0 Å². The Hall–Kier alpha value is -3.13. The number of carbonyl (C=O) groups is 1. The van der Waals surface area contributed by atoms with Crippen molar-refractivity contribution in [3.8, 4) is 5.95 Å². The van der Waals surface area contributed by atoms with Gasteiger partial charge in [0.05, 0.1) is 12.2 Å². The number of aryl methyl sites for hydroxylation is 3. The first-order valence-corrected chi connectivity index (χ1v) is 9.72. The highest BCUT2D eigenvalue weighted by molar-refractivity contribution is 5.94. The first kappa shape index (κ1) is 21.6. The number of anilines is 3. The minimum absolute atomic E-state index is 0. The van der Waals surface area contributed by atoms with Gasteiger partial charge in [0.25, 0.3) is 5.95 Å². The molecule has 1 amide bonds. The molecule has 2 aromatic heterocycles. The molecule has 8 nitrogen and oxygen atoms in total. The Labute approximate surface area is 181 Å². The van der Waals surface area contributed by atoms with E-state index in [0.29, 0.717) is 11.8 Å². The fourth-order valence-corrected chi connectivity index (χ4v) is 3.79. The van der Waals surface area contributed by atoms with Crippen LogP contribution in [0.4, 0.5) is 17.2 Å². The molecule has 3 aromatic rings. The lowest BCUT2D eigenvalue weighted by Gasteiger charge is -2.31. The summed E-state index contributed by atoms with van der Waals surface area (Å²) in [5.74, 6) is 0.884. The van der Waals surface area contributed by atoms with E-state index in [4.69, 9.17) is 5.73 Å². The molecule has 4 rings (SSSR count). The molecular formula is C21H26ClN7O. The van der Waals surface area contributed by atoms with E-state index in [1.54, 1.807) is 4.68 Å². The van der Waals surface area contributed by atoms with E-state index in [0.717, 1.165) is 53.4 Å². The number of nitrogens with two attached hydrogens (primary N) is 1. The lowest BCUT2D eigenvalue weighted by molar-refractivity contribution is -0.115. The first-order chi connectivity index (χ1) is 13.9. The smallest absolute Gasteiger partial charge is 0.252 e. The normalized spacial score (nSPS) is 12.8. The Morgan fingerprint density at radius 3 is 2.60 bits per heavy atom. The quantitative estimate of drug-likeness (QED) is 0.620. The Bertz CT molecular complexity index is 1060. The Morgan fingerprint density at radius 2 is 1.87 bits per heavy atom. The molecular weight excluding hydrogens is 402 g/mol. The highest BCUT2D eigenvalue weighted by Gasteiger charge is 2.21. The lowest BCUT2D eigenvalue weighted by atomic mass is 10.00. The summed E-state index contributed by atoms with van der Waals surface area (Å²) in [6.45, 7) is 6.76. The molecule has 0 unspecified atom stereocenters. The van der Waals surface area contributed by atoms with Crippen LogP contribution in [0.25, 0.3) is 5.95 Å². The van der Waals surface area contributed by atoms with Crippen molar-refractivity contribution < 1.29 is 4.79 Å². The number of nitrogens with zero attached hydrogens (tertiary/aromatic N) is 5. The molecule has 0 bridgehead atoms. The van der Waals surface area contributed by atoms with Crippen LogP contribution in [-0.4, -0.2) is 38.7 Å². The number of nitrogen functional groups attached to an aromatic ring is 1. The van der Waals surface area contributed by atoms with Gasteiger partial charge in [-0.15, -0.1) is 12.4 Å². The molecule has 0 atom stereocenters. The number of hydrogen-bond donors (Lipinski definition) is 2. The molecule has 1 aromatic carbocycles. The summed E-state index contributed by atoms with van der Waals surface area (Å²) >= 11 is 0. The molecule has 0 radical (unpaired) electrons. The van der Waals surface area contributed by atoms with E-state index in [-0.39, 0.29) is 24.9 Å². The van der Waals surface area contributed by atoms with Gasteiger partial charge in [-0.05, 0) is 57.4 Å². The van der Waals surface area contributed by atoms with E-state index < -0.39 is 0 Å². The molecule has 158 valence electrons. The molecule has 1 aliphatic heterocycles. The van der Waals surface area contributed by atoms with E-state index >= 15 is 0 Å². The van der Waals surface area contributed by atoms with Crippen LogP contribution in [0.15, 0.2) is 30.3 Å². The maximum atomic E-state index is 12.8. The van der Waals surface area contributed by atoms with E-state index in [2.05, 4.69) is 25.3 Å². The van der Waals surface area contributed by atoms with Crippen molar-refractivity contribution in [1.82, 2.24) is 19.7 Å². The predicted octanol–water partition coefficient (Wildman–Crippen LogP) is 2.98. The Kier molecular flexibility index (Phi) is 6.26. The average molecular weight is 428 g/mol. The van der Waals surface area contributed by atoms with Crippen LogP contribution >= 0.6 is 12.4 Å². The number of benzene rings is 1. The van der Waals surface area contributed by atoms with Crippen molar-refractivity contribution in [3.63, 3.8) is 0 Å². The third kappa shape index (κ3) is 4.38. The van der Waals surface area contributed by atoms with Gasteiger partial charge in [0, 0.05) is 35.4 Å². The van der Waals surface area contributed by atoms with Crippen LogP contribution in [0.5, 0.6) is 0 Å². The Balaban J connectivity index is 0.00000256. The number of halogens is 1. The summed E-state index contributed by atoms with van der Waals surface area (Å²) in [5, 5.41) is 7.43. The minimum Gasteiger partial charge on any atom is -0.398 e. The number of aromatic nitrogens is 4. The van der Waals surface area contributed by atoms with E-state index in [9.17, 15) is 4.79 Å². The monoisotopic (exact) mass is 427 g/mol. The highest BCUT2D eigenvalue weighted by Crippen LogP contribution is 2.31. The summed E-state index contributed by atoms with van der Waals surface area (Å²) < 4.78 is 1.58. The zero-order valence-electron chi connectivity index (χ0n) is 17.3. The van der Waals surface area contributed by atoms with Crippen LogP contribution in [0, 0.1) is 20.8 Å². The molecule has 0 saturated heterocycles. The second kappa shape index (κ2) is 8.71. The summed E-state index contributed by atoms with van der Waals surface area (Å²) in [6.07, 6.45) is 1.91. The van der Waals surface area contributed by atoms with Crippen molar-refractivity contribution in [3.05, 3.63) is 53.0 Å². The van der Waals surface area contributed by atoms with Gasteiger partial charge in [-0.3, -0.25) is 4.79 Å². The SMILES string of the molecule is Cc1cc(C)nc(-n2nc(C)cc2NC(=O)CN2CCCc3c(N)cccc32)n1.Cl. The van der Waals surface area contributed by atoms with Gasteiger partial charge in [-0.1, -0.05) is 6.07 Å². The summed E-state index contributed by atoms with van der Waals surface area (Å²) in [5.41, 5.74) is 11.5. The summed E-state index contributed by atoms with van der Waals surface area (Å²) in [6, 6.07) is 9.59. The maximum absolute atomic E-state index is 12.8. The summed E-state index contributed by atoms with van der Waals surface area (Å²) in [4.78, 5) is 23.8. The van der Waals surface area contributed by atoms with Crippen LogP contribution in [-0.2, 0) is 11.2 Å². The molecule has 0 spiro atoms. The molecule has 1 aliphatic rings. The number of nitrogens with one attached hydrogen (secondary N) is 1. The molecule has 0 saturated carbocycles. The van der Waals surface area contributed by atoms with Gasteiger partial charge in [-0.25, -0.2) is 9.97 Å². The van der Waals surface area contributed by atoms with Crippen LogP contribution in [0.3, 0.4) is 0 Å². The minimum atomic E-state index is -0.120. The molecule has 0 fully saturated rings. The first-order valence-electron chi connectivity index (χ1n) is 9.72. The van der Waals surface area contributed by atoms with Gasteiger partial charge >= 0.3 is 0 Å². The number of carbonyl (C=O) groups excluding carboxylic acids is 1. The van der Waals surface area contributed by atoms with Crippen LogP contribution in [0.2, 0.25) is 0 Å². The fraction of sp³-hybridized carbons (Fsp3) is 0.333. The van der Waals surface area contributed by atoms with E-state index in [1.807, 2.05) is 51.1 Å². The van der Waals surface area contributed by atoms with Crippen LogP contribution < -0.4 is 16.0 Å². The third-order valence-corrected chi connectivity index (χ3v) is 4.98. The van der Waals surface area contributed by atoms with Crippen molar-refractivity contribution in [1.29, 1.82) is 0 Å². The lowest BCUT2D eigenvalue weighted by Crippen LogP contribution is -2.37. The van der Waals surface area contributed by atoms with Crippen molar-refractivity contribution >= 4 is 35.5 Å². The fourth-order valence-electron chi connectivity index (χ4n) is 3.79. The maximum Gasteiger partial charge on any atom is 0.252 e. The molecule has 9 heteroatoms. The molecule has 3 N–H and O–H groups in total. The average Bonchev–Trinajstić information content (AvgIpc) is 3.02. The van der Waals surface area contributed by atoms with E-state index in [1.165, 1.54) is 0 Å². The second-order valence-corrected chi connectivity index (χ2v) is 7.45. The molecule has 0 aliphatic carbocycles. The highest BCUT2D eigenvalue weighted by atomic mass is 35.5. The third-order valence-electron chi connectivity index (χ3n) is 4.98. The zero-order valence-corrected chi connectivity index (χ0v) is 18.2. The van der Waals surface area contributed by atoms with Gasteiger partial charge in [0.15, 0.2) is 0 Å². The molecule has 30 heavy (non-hydrogen) atoms.